The summed E-state index contributed by atoms with van der Waals surface area (Å²) < 4.78 is 10.8. The number of alkyl carbamates (subject to hydrolysis) is 1. The Morgan fingerprint density at radius 1 is 1.09 bits per heavy atom. The molecule has 0 saturated carbocycles. The van der Waals surface area contributed by atoms with Crippen LogP contribution in [0.1, 0.15) is 53.5 Å². The zero-order chi connectivity index (χ0) is 25.3. The van der Waals surface area contributed by atoms with Crippen LogP contribution in [0.25, 0.3) is 0 Å². The first-order chi connectivity index (χ1) is 15.8. The zero-order valence-corrected chi connectivity index (χ0v) is 20.9. The third-order valence-electron chi connectivity index (χ3n) is 6.10. The van der Waals surface area contributed by atoms with E-state index in [9.17, 15) is 19.5 Å². The zero-order valence-electron chi connectivity index (χ0n) is 20.9. The van der Waals surface area contributed by atoms with Crippen LogP contribution in [0.3, 0.4) is 0 Å². The molecule has 1 aromatic carbocycles. The van der Waals surface area contributed by atoms with E-state index in [-0.39, 0.29) is 25.1 Å². The molecule has 0 spiro atoms. The minimum Gasteiger partial charge on any atom is -0.445 e. The molecule has 2 fully saturated rings. The lowest BCUT2D eigenvalue weighted by molar-refractivity contribution is -0.138. The lowest BCUT2D eigenvalue weighted by Gasteiger charge is -2.36. The van der Waals surface area contributed by atoms with Gasteiger partial charge in [-0.05, 0) is 38.2 Å². The summed E-state index contributed by atoms with van der Waals surface area (Å²) in [6, 6.07) is 7.54. The molecule has 2 heterocycles. The largest absolute Gasteiger partial charge is 0.445 e. The number of rotatable bonds is 4. The first-order valence-electron chi connectivity index (χ1n) is 11.7. The molecule has 0 radical (unpaired) electrons. The van der Waals surface area contributed by atoms with Crippen molar-refractivity contribution in [2.45, 2.75) is 84.4 Å². The van der Waals surface area contributed by atoms with Gasteiger partial charge in [0.1, 0.15) is 18.2 Å². The molecule has 1 unspecified atom stereocenters. The fraction of sp³-hybridized carbons (Fsp3) is 0.640. The van der Waals surface area contributed by atoms with Crippen molar-refractivity contribution < 1.29 is 29.0 Å². The number of β-amino-alcohol motifs (C(OH)–C–C–N with tert-alkyl or cyclic N) is 1. The summed E-state index contributed by atoms with van der Waals surface area (Å²) in [5.74, 6) is -0.304. The van der Waals surface area contributed by atoms with Crippen molar-refractivity contribution in [2.75, 3.05) is 13.1 Å². The Kier molecular flexibility index (Phi) is 7.45. The number of likely N-dealkylation sites (tertiary alicyclic amines) is 2. The van der Waals surface area contributed by atoms with Crippen molar-refractivity contribution >= 4 is 18.1 Å². The van der Waals surface area contributed by atoms with Gasteiger partial charge in [-0.15, -0.1) is 0 Å². The summed E-state index contributed by atoms with van der Waals surface area (Å²) >= 11 is 0. The molecular weight excluding hydrogens is 438 g/mol. The van der Waals surface area contributed by atoms with E-state index in [1.165, 1.54) is 4.90 Å². The molecule has 0 aromatic heterocycles. The number of fused-ring (bicyclic) bond motifs is 1. The maximum atomic E-state index is 13.6. The van der Waals surface area contributed by atoms with Crippen LogP contribution in [-0.4, -0.2) is 75.9 Å². The molecule has 3 amide bonds. The van der Waals surface area contributed by atoms with Gasteiger partial charge in [-0.1, -0.05) is 51.1 Å². The molecule has 3 rings (SSSR count). The number of carbonyl (C=O) groups is 3. The Morgan fingerprint density at radius 3 is 2.32 bits per heavy atom. The Bertz CT molecular complexity index is 892. The highest BCUT2D eigenvalue weighted by Gasteiger charge is 2.53. The second-order valence-electron chi connectivity index (χ2n) is 11.1. The van der Waals surface area contributed by atoms with Crippen LogP contribution >= 0.6 is 0 Å². The summed E-state index contributed by atoms with van der Waals surface area (Å²) in [5, 5.41) is 13.5. The van der Waals surface area contributed by atoms with Gasteiger partial charge in [0.05, 0.1) is 24.7 Å². The number of aliphatic hydroxyl groups is 1. The fourth-order valence-electron chi connectivity index (χ4n) is 4.53. The van der Waals surface area contributed by atoms with Crippen LogP contribution in [0.2, 0.25) is 0 Å². The van der Waals surface area contributed by atoms with Gasteiger partial charge in [-0.2, -0.15) is 0 Å². The minimum absolute atomic E-state index is 0.0930. The third-order valence-corrected chi connectivity index (χ3v) is 6.10. The van der Waals surface area contributed by atoms with Crippen LogP contribution in [-0.2, 0) is 20.9 Å². The maximum absolute atomic E-state index is 13.6. The second kappa shape index (κ2) is 9.82. The van der Waals surface area contributed by atoms with Gasteiger partial charge in [-0.25, -0.2) is 9.59 Å². The summed E-state index contributed by atoms with van der Waals surface area (Å²) in [4.78, 5) is 41.9. The Labute approximate surface area is 201 Å². The van der Waals surface area contributed by atoms with Crippen LogP contribution in [0, 0.1) is 5.41 Å². The molecule has 2 aliphatic rings. The van der Waals surface area contributed by atoms with Crippen LogP contribution in [0.4, 0.5) is 9.59 Å². The van der Waals surface area contributed by atoms with Crippen LogP contribution in [0.5, 0.6) is 0 Å². The number of hydrogen-bond acceptors (Lipinski definition) is 6. The lowest BCUT2D eigenvalue weighted by Crippen LogP contribution is -2.57. The number of aliphatic hydroxyl groups excluding tert-OH is 1. The number of nitrogens with zero attached hydrogens (tertiary/aromatic N) is 2. The molecule has 2 aliphatic heterocycles. The predicted octanol–water partition coefficient (Wildman–Crippen LogP) is 2.91. The number of benzene rings is 1. The first kappa shape index (κ1) is 25.8. The molecule has 9 heteroatoms. The topological polar surface area (TPSA) is 108 Å². The average Bonchev–Trinajstić information content (AvgIpc) is 3.30. The second-order valence-corrected chi connectivity index (χ2v) is 11.1. The molecule has 1 aromatic rings. The third kappa shape index (κ3) is 6.00. The molecule has 4 atom stereocenters. The van der Waals surface area contributed by atoms with Crippen molar-refractivity contribution in [3.05, 3.63) is 35.9 Å². The highest BCUT2D eigenvalue weighted by molar-refractivity contribution is 5.87. The predicted molar refractivity (Wildman–Crippen MR) is 126 cm³/mol. The van der Waals surface area contributed by atoms with E-state index in [0.29, 0.717) is 13.0 Å². The van der Waals surface area contributed by atoms with Crippen molar-refractivity contribution in [3.8, 4) is 0 Å². The standard InChI is InChI=1S/C25H37N3O6/c1-24(2,3)20(26-22(31)33-15-16-10-8-7-9-11-16)21(30)27-13-12-17-19(27)18(29)14-28(17)23(32)34-25(4,5)6/h7-11,17-20,29H,12-15H2,1-6H3,(H,26,31)/t17-,18+,19+,20?/m1/s1. The van der Waals surface area contributed by atoms with E-state index in [1.807, 2.05) is 51.1 Å². The average molecular weight is 476 g/mol. The molecule has 2 N–H and O–H groups in total. The minimum atomic E-state index is -0.894. The monoisotopic (exact) mass is 475 g/mol. The number of amides is 3. The molecule has 0 aliphatic carbocycles. The van der Waals surface area contributed by atoms with E-state index in [0.717, 1.165) is 5.56 Å². The smallest absolute Gasteiger partial charge is 0.410 e. The van der Waals surface area contributed by atoms with Gasteiger partial charge >= 0.3 is 12.2 Å². The van der Waals surface area contributed by atoms with Gasteiger partial charge in [0.2, 0.25) is 5.91 Å². The molecule has 188 valence electrons. The summed E-state index contributed by atoms with van der Waals surface area (Å²) in [7, 11) is 0. The fourth-order valence-corrected chi connectivity index (χ4v) is 4.53. The van der Waals surface area contributed by atoms with Gasteiger partial charge in [-0.3, -0.25) is 4.79 Å². The van der Waals surface area contributed by atoms with Gasteiger partial charge in [0.25, 0.3) is 0 Å². The van der Waals surface area contributed by atoms with E-state index in [4.69, 9.17) is 9.47 Å². The van der Waals surface area contributed by atoms with Gasteiger partial charge < -0.3 is 29.7 Å². The van der Waals surface area contributed by atoms with E-state index >= 15 is 0 Å². The van der Waals surface area contributed by atoms with Crippen LogP contribution in [0.15, 0.2) is 30.3 Å². The summed E-state index contributed by atoms with van der Waals surface area (Å²) in [5.41, 5.74) is -0.416. The van der Waals surface area contributed by atoms with Gasteiger partial charge in [0, 0.05) is 6.54 Å². The number of nitrogens with one attached hydrogen (secondary N) is 1. The van der Waals surface area contributed by atoms with Crippen molar-refractivity contribution in [1.29, 1.82) is 0 Å². The number of ether oxygens (including phenoxy) is 2. The van der Waals surface area contributed by atoms with E-state index < -0.39 is 41.4 Å². The van der Waals surface area contributed by atoms with E-state index in [1.54, 1.807) is 25.7 Å². The van der Waals surface area contributed by atoms with Crippen molar-refractivity contribution in [3.63, 3.8) is 0 Å². The van der Waals surface area contributed by atoms with Crippen LogP contribution < -0.4 is 5.32 Å². The molecule has 34 heavy (non-hydrogen) atoms. The highest BCUT2D eigenvalue weighted by atomic mass is 16.6. The van der Waals surface area contributed by atoms with Gasteiger partial charge in [0.15, 0.2) is 0 Å². The molecule has 0 bridgehead atoms. The molecular formula is C25H37N3O6. The van der Waals surface area contributed by atoms with E-state index in [2.05, 4.69) is 5.32 Å². The Morgan fingerprint density at radius 2 is 1.74 bits per heavy atom. The van der Waals surface area contributed by atoms with Crippen molar-refractivity contribution in [1.82, 2.24) is 15.1 Å². The molecule has 2 saturated heterocycles. The quantitative estimate of drug-likeness (QED) is 0.693. The maximum Gasteiger partial charge on any atom is 0.410 e. The number of hydrogen-bond donors (Lipinski definition) is 2. The lowest BCUT2D eigenvalue weighted by atomic mass is 9.85. The Hall–Kier alpha value is -2.81. The summed E-state index contributed by atoms with van der Waals surface area (Å²) in [6.45, 7) is 11.5. The molecule has 9 nitrogen and oxygen atoms in total. The highest BCUT2D eigenvalue weighted by Crippen LogP contribution is 2.35. The first-order valence-corrected chi connectivity index (χ1v) is 11.7. The SMILES string of the molecule is CC(C)(C)OC(=O)N1C[C@H](O)[C@@H]2[C@H]1CCN2C(=O)C(NC(=O)OCc1ccccc1)C(C)(C)C. The van der Waals surface area contributed by atoms with Crippen molar-refractivity contribution in [2.24, 2.45) is 5.41 Å². The Balaban J connectivity index is 1.69. The summed E-state index contributed by atoms with van der Waals surface area (Å²) in [6.07, 6.45) is -1.55. The number of carbonyl (C=O) groups excluding carboxylic acids is 3. The normalized spacial score (nSPS) is 23.3.